The Morgan fingerprint density at radius 1 is 1.15 bits per heavy atom. The van der Waals surface area contributed by atoms with E-state index >= 15 is 0 Å². The molecule has 0 fully saturated rings. The maximum absolute atomic E-state index is 13.3. The van der Waals surface area contributed by atoms with Crippen molar-refractivity contribution in [3.8, 4) is 17.2 Å². The highest BCUT2D eigenvalue weighted by Gasteiger charge is 2.13. The average Bonchev–Trinajstić information content (AvgIpc) is 2.72. The standard InChI is InChI=1S/C15H9F2N3/c1-20-14(8-18)13-4-2-3-12(15(13)19-20)9-5-10(16)7-11(17)6-9/h2-7H,1H3. The molecule has 0 amide bonds. The lowest BCUT2D eigenvalue weighted by atomic mass is 10.0. The molecule has 5 heteroatoms. The Morgan fingerprint density at radius 2 is 1.85 bits per heavy atom. The lowest BCUT2D eigenvalue weighted by Crippen LogP contribution is -1.92. The van der Waals surface area contributed by atoms with Gasteiger partial charge in [-0.3, -0.25) is 4.68 Å². The van der Waals surface area contributed by atoms with Crippen molar-refractivity contribution >= 4 is 10.9 Å². The van der Waals surface area contributed by atoms with Gasteiger partial charge in [0.25, 0.3) is 0 Å². The summed E-state index contributed by atoms with van der Waals surface area (Å²) in [5.41, 5.74) is 1.96. The summed E-state index contributed by atoms with van der Waals surface area (Å²) >= 11 is 0. The Morgan fingerprint density at radius 3 is 2.50 bits per heavy atom. The van der Waals surface area contributed by atoms with Gasteiger partial charge in [-0.15, -0.1) is 0 Å². The molecule has 0 saturated carbocycles. The molecular formula is C15H9F2N3. The number of fused-ring (bicyclic) bond motifs is 1. The molecule has 2 aromatic carbocycles. The van der Waals surface area contributed by atoms with Crippen LogP contribution in [-0.2, 0) is 7.05 Å². The maximum Gasteiger partial charge on any atom is 0.146 e. The van der Waals surface area contributed by atoms with Gasteiger partial charge in [-0.2, -0.15) is 10.4 Å². The van der Waals surface area contributed by atoms with E-state index in [-0.39, 0.29) is 0 Å². The molecule has 0 aliphatic carbocycles. The first-order chi connectivity index (χ1) is 9.60. The topological polar surface area (TPSA) is 41.6 Å². The van der Waals surface area contributed by atoms with Crippen LogP contribution in [-0.4, -0.2) is 9.78 Å². The first-order valence-electron chi connectivity index (χ1n) is 5.92. The van der Waals surface area contributed by atoms with E-state index in [0.717, 1.165) is 6.07 Å². The smallest absolute Gasteiger partial charge is 0.146 e. The minimum Gasteiger partial charge on any atom is -0.257 e. The Balaban J connectivity index is 2.35. The number of nitrogens with zero attached hydrogens (tertiary/aromatic N) is 3. The summed E-state index contributed by atoms with van der Waals surface area (Å²) in [5.74, 6) is -1.29. The van der Waals surface area contributed by atoms with Crippen LogP contribution in [0.2, 0.25) is 0 Å². The summed E-state index contributed by atoms with van der Waals surface area (Å²) in [4.78, 5) is 0. The highest BCUT2D eigenvalue weighted by atomic mass is 19.1. The zero-order chi connectivity index (χ0) is 14.3. The molecule has 0 N–H and O–H groups in total. The summed E-state index contributed by atoms with van der Waals surface area (Å²) in [5, 5.41) is 14.1. The van der Waals surface area contributed by atoms with Crippen LogP contribution < -0.4 is 0 Å². The molecule has 98 valence electrons. The summed E-state index contributed by atoms with van der Waals surface area (Å²) in [6.07, 6.45) is 0. The monoisotopic (exact) mass is 269 g/mol. The van der Waals surface area contributed by atoms with Gasteiger partial charge in [-0.1, -0.05) is 12.1 Å². The van der Waals surface area contributed by atoms with Crippen molar-refractivity contribution in [2.24, 2.45) is 7.05 Å². The normalized spacial score (nSPS) is 10.7. The average molecular weight is 269 g/mol. The number of aromatic nitrogens is 2. The molecule has 0 bridgehead atoms. The van der Waals surface area contributed by atoms with Crippen molar-refractivity contribution < 1.29 is 8.78 Å². The van der Waals surface area contributed by atoms with Gasteiger partial charge < -0.3 is 0 Å². The van der Waals surface area contributed by atoms with Crippen molar-refractivity contribution in [3.63, 3.8) is 0 Å². The maximum atomic E-state index is 13.3. The third-order valence-corrected chi connectivity index (χ3v) is 3.14. The van der Waals surface area contributed by atoms with Crippen molar-refractivity contribution in [2.45, 2.75) is 0 Å². The Labute approximate surface area is 113 Å². The second-order valence-electron chi connectivity index (χ2n) is 4.44. The molecule has 0 aliphatic heterocycles. The predicted octanol–water partition coefficient (Wildman–Crippen LogP) is 3.39. The van der Waals surface area contributed by atoms with E-state index in [1.807, 2.05) is 0 Å². The molecular weight excluding hydrogens is 260 g/mol. The fourth-order valence-corrected chi connectivity index (χ4v) is 2.29. The number of hydrogen-bond donors (Lipinski definition) is 0. The molecule has 20 heavy (non-hydrogen) atoms. The molecule has 0 radical (unpaired) electrons. The van der Waals surface area contributed by atoms with Crippen LogP contribution in [0.3, 0.4) is 0 Å². The van der Waals surface area contributed by atoms with Crippen LogP contribution in [0.1, 0.15) is 5.69 Å². The second-order valence-corrected chi connectivity index (χ2v) is 4.44. The molecule has 1 heterocycles. The predicted molar refractivity (Wildman–Crippen MR) is 70.8 cm³/mol. The number of halogens is 2. The zero-order valence-corrected chi connectivity index (χ0v) is 10.6. The minimum absolute atomic E-state index is 0.399. The molecule has 0 unspecified atom stereocenters. The molecule has 0 spiro atoms. The fraction of sp³-hybridized carbons (Fsp3) is 0.0667. The van der Waals surface area contributed by atoms with Crippen LogP contribution in [0.5, 0.6) is 0 Å². The van der Waals surface area contributed by atoms with E-state index in [1.165, 1.54) is 16.8 Å². The van der Waals surface area contributed by atoms with Crippen molar-refractivity contribution in [3.05, 3.63) is 53.7 Å². The van der Waals surface area contributed by atoms with Gasteiger partial charge >= 0.3 is 0 Å². The van der Waals surface area contributed by atoms with Gasteiger partial charge in [0.2, 0.25) is 0 Å². The van der Waals surface area contributed by atoms with Gasteiger partial charge in [-0.25, -0.2) is 8.78 Å². The van der Waals surface area contributed by atoms with E-state index in [2.05, 4.69) is 11.2 Å². The Kier molecular flexibility index (Phi) is 2.72. The van der Waals surface area contributed by atoms with E-state index in [1.54, 1.807) is 25.2 Å². The lowest BCUT2D eigenvalue weighted by molar-refractivity contribution is 0.584. The van der Waals surface area contributed by atoms with E-state index < -0.39 is 11.6 Å². The third kappa shape index (κ3) is 1.82. The van der Waals surface area contributed by atoms with Crippen LogP contribution in [0.4, 0.5) is 8.78 Å². The van der Waals surface area contributed by atoms with Crippen molar-refractivity contribution in [1.29, 1.82) is 5.26 Å². The molecule has 1 aromatic heterocycles. The quantitative estimate of drug-likeness (QED) is 0.679. The summed E-state index contributed by atoms with van der Waals surface area (Å²) in [6, 6.07) is 10.6. The molecule has 3 rings (SSSR count). The number of aryl methyl sites for hydroxylation is 1. The van der Waals surface area contributed by atoms with Crippen molar-refractivity contribution in [2.75, 3.05) is 0 Å². The van der Waals surface area contributed by atoms with Gasteiger partial charge in [-0.05, 0) is 23.8 Å². The molecule has 0 aliphatic rings. The van der Waals surface area contributed by atoms with Crippen LogP contribution in [0.25, 0.3) is 22.0 Å². The molecule has 3 aromatic rings. The van der Waals surface area contributed by atoms with Crippen LogP contribution in [0, 0.1) is 23.0 Å². The summed E-state index contributed by atoms with van der Waals surface area (Å²) in [7, 11) is 1.66. The lowest BCUT2D eigenvalue weighted by Gasteiger charge is -2.03. The molecule has 3 nitrogen and oxygen atoms in total. The molecule has 0 atom stereocenters. The van der Waals surface area contributed by atoms with E-state index in [4.69, 9.17) is 5.26 Å². The van der Waals surface area contributed by atoms with Gasteiger partial charge in [0, 0.05) is 24.1 Å². The van der Waals surface area contributed by atoms with E-state index in [0.29, 0.717) is 27.7 Å². The van der Waals surface area contributed by atoms with Crippen LogP contribution in [0.15, 0.2) is 36.4 Å². The summed E-state index contributed by atoms with van der Waals surface area (Å²) in [6.45, 7) is 0. The fourth-order valence-electron chi connectivity index (χ4n) is 2.29. The second kappa shape index (κ2) is 4.42. The third-order valence-electron chi connectivity index (χ3n) is 3.14. The summed E-state index contributed by atoms with van der Waals surface area (Å²) < 4.78 is 28.2. The highest BCUT2D eigenvalue weighted by molar-refractivity contribution is 5.96. The molecule has 0 saturated heterocycles. The highest BCUT2D eigenvalue weighted by Crippen LogP contribution is 2.30. The number of hydrogen-bond acceptors (Lipinski definition) is 2. The SMILES string of the molecule is Cn1nc2c(-c3cc(F)cc(F)c3)cccc2c1C#N. The first kappa shape index (κ1) is 12.3. The van der Waals surface area contributed by atoms with Gasteiger partial charge in [0.15, 0.2) is 0 Å². The van der Waals surface area contributed by atoms with E-state index in [9.17, 15) is 8.78 Å². The van der Waals surface area contributed by atoms with Crippen molar-refractivity contribution in [1.82, 2.24) is 9.78 Å². The Hall–Kier alpha value is -2.74. The number of nitriles is 1. The largest absolute Gasteiger partial charge is 0.257 e. The number of benzene rings is 2. The Bertz CT molecular complexity index is 839. The minimum atomic E-state index is -0.645. The van der Waals surface area contributed by atoms with Gasteiger partial charge in [0.1, 0.15) is 28.9 Å². The van der Waals surface area contributed by atoms with Crippen LogP contribution >= 0.6 is 0 Å². The zero-order valence-electron chi connectivity index (χ0n) is 10.6. The first-order valence-corrected chi connectivity index (χ1v) is 5.92. The number of rotatable bonds is 1. The van der Waals surface area contributed by atoms with Gasteiger partial charge in [0.05, 0.1) is 0 Å².